The van der Waals surface area contributed by atoms with E-state index in [-0.39, 0.29) is 5.82 Å². The molecule has 0 saturated heterocycles. The molecule has 1 aromatic carbocycles. The molecule has 0 aliphatic carbocycles. The van der Waals surface area contributed by atoms with Crippen LogP contribution in [-0.2, 0) is 6.54 Å². The van der Waals surface area contributed by atoms with Crippen LogP contribution in [0.1, 0.15) is 18.7 Å². The van der Waals surface area contributed by atoms with Crippen molar-refractivity contribution in [3.05, 3.63) is 41.2 Å². The zero-order valence-corrected chi connectivity index (χ0v) is 12.0. The number of thiazole rings is 1. The molecule has 2 aromatic rings. The Hall–Kier alpha value is -1.62. The fourth-order valence-corrected chi connectivity index (χ4v) is 2.78. The molecule has 102 valence electrons. The number of benzene rings is 1. The molecular formula is C14H18FN3S. The first-order valence-corrected chi connectivity index (χ1v) is 7.24. The van der Waals surface area contributed by atoms with Crippen molar-refractivity contribution in [1.82, 2.24) is 4.98 Å². The predicted octanol–water partition coefficient (Wildman–Crippen LogP) is 3.74. The van der Waals surface area contributed by atoms with Crippen LogP contribution in [0.15, 0.2) is 30.5 Å². The van der Waals surface area contributed by atoms with Crippen LogP contribution in [0.2, 0.25) is 0 Å². The minimum absolute atomic E-state index is 0.226. The molecule has 0 unspecified atom stereocenters. The molecule has 0 aliphatic heterocycles. The summed E-state index contributed by atoms with van der Waals surface area (Å²) >= 11 is 1.65. The van der Waals surface area contributed by atoms with E-state index in [9.17, 15) is 4.39 Å². The lowest BCUT2D eigenvalue weighted by atomic mass is 10.3. The first-order chi connectivity index (χ1) is 9.24. The molecule has 19 heavy (non-hydrogen) atoms. The third-order valence-electron chi connectivity index (χ3n) is 2.90. The molecule has 0 aliphatic rings. The van der Waals surface area contributed by atoms with Crippen molar-refractivity contribution in [3.8, 4) is 0 Å². The number of rotatable bonds is 6. The molecule has 2 rings (SSSR count). The average Bonchev–Trinajstić information content (AvgIpc) is 2.88. The lowest BCUT2D eigenvalue weighted by molar-refractivity contribution is 0.630. The summed E-state index contributed by atoms with van der Waals surface area (Å²) in [5.74, 6) is -0.226. The summed E-state index contributed by atoms with van der Waals surface area (Å²) in [6.45, 7) is 6.72. The molecule has 5 heteroatoms. The second kappa shape index (κ2) is 6.52. The summed E-state index contributed by atoms with van der Waals surface area (Å²) < 4.78 is 13.5. The van der Waals surface area contributed by atoms with Crippen LogP contribution in [0.3, 0.4) is 0 Å². The highest BCUT2D eigenvalue weighted by molar-refractivity contribution is 7.15. The fraction of sp³-hybridized carbons (Fsp3) is 0.357. The Morgan fingerprint density at radius 3 is 2.68 bits per heavy atom. The van der Waals surface area contributed by atoms with Gasteiger partial charge in [0, 0.05) is 24.2 Å². The van der Waals surface area contributed by atoms with E-state index in [4.69, 9.17) is 0 Å². The van der Waals surface area contributed by atoms with Crippen molar-refractivity contribution in [2.24, 2.45) is 0 Å². The number of anilines is 2. The van der Waals surface area contributed by atoms with E-state index in [1.165, 1.54) is 6.07 Å². The number of nitrogens with one attached hydrogen (secondary N) is 1. The molecule has 3 nitrogen and oxygen atoms in total. The smallest absolute Gasteiger partial charge is 0.185 e. The fourth-order valence-electron chi connectivity index (χ4n) is 1.81. The molecule has 1 N–H and O–H groups in total. The van der Waals surface area contributed by atoms with Crippen molar-refractivity contribution in [2.75, 3.05) is 23.3 Å². The van der Waals surface area contributed by atoms with Crippen molar-refractivity contribution >= 4 is 22.2 Å². The Balaban J connectivity index is 1.99. The van der Waals surface area contributed by atoms with Gasteiger partial charge >= 0.3 is 0 Å². The quantitative estimate of drug-likeness (QED) is 0.873. The van der Waals surface area contributed by atoms with Gasteiger partial charge in [0.1, 0.15) is 5.82 Å². The standard InChI is InChI=1S/C14H18FN3S/c1-3-18(4-2)14-17-10-11(19-14)9-16-13-8-6-5-7-12(13)15/h5-8,10,16H,3-4,9H2,1-2H3. The van der Waals surface area contributed by atoms with Gasteiger partial charge in [0.25, 0.3) is 0 Å². The maximum atomic E-state index is 13.5. The van der Waals surface area contributed by atoms with E-state index >= 15 is 0 Å². The van der Waals surface area contributed by atoms with Crippen molar-refractivity contribution in [3.63, 3.8) is 0 Å². The number of aromatic nitrogens is 1. The van der Waals surface area contributed by atoms with Gasteiger partial charge in [-0.1, -0.05) is 12.1 Å². The highest BCUT2D eigenvalue weighted by Gasteiger charge is 2.08. The van der Waals surface area contributed by atoms with E-state index in [0.29, 0.717) is 12.2 Å². The third-order valence-corrected chi connectivity index (χ3v) is 3.96. The van der Waals surface area contributed by atoms with E-state index in [1.54, 1.807) is 23.5 Å². The second-order valence-electron chi connectivity index (χ2n) is 4.11. The molecule has 0 radical (unpaired) electrons. The molecule has 0 bridgehead atoms. The molecular weight excluding hydrogens is 261 g/mol. The molecule has 0 spiro atoms. The number of para-hydroxylation sites is 1. The maximum absolute atomic E-state index is 13.5. The summed E-state index contributed by atoms with van der Waals surface area (Å²) in [7, 11) is 0. The Labute approximate surface area is 117 Å². The molecule has 1 aromatic heterocycles. The van der Waals surface area contributed by atoms with Gasteiger partial charge in [0.2, 0.25) is 0 Å². The first kappa shape index (κ1) is 13.8. The van der Waals surface area contributed by atoms with Crippen molar-refractivity contribution in [1.29, 1.82) is 0 Å². The van der Waals surface area contributed by atoms with Gasteiger partial charge in [0.05, 0.1) is 12.2 Å². The van der Waals surface area contributed by atoms with Gasteiger partial charge in [-0.05, 0) is 26.0 Å². The topological polar surface area (TPSA) is 28.2 Å². The minimum atomic E-state index is -0.226. The zero-order chi connectivity index (χ0) is 13.7. The monoisotopic (exact) mass is 279 g/mol. The highest BCUT2D eigenvalue weighted by atomic mass is 32.1. The summed E-state index contributed by atoms with van der Waals surface area (Å²) in [5.41, 5.74) is 0.528. The van der Waals surface area contributed by atoms with Gasteiger partial charge < -0.3 is 10.2 Å². The van der Waals surface area contributed by atoms with Gasteiger partial charge in [-0.25, -0.2) is 9.37 Å². The second-order valence-corrected chi connectivity index (χ2v) is 5.21. The number of halogens is 1. The summed E-state index contributed by atoms with van der Waals surface area (Å²) in [4.78, 5) is 7.71. The van der Waals surface area contributed by atoms with Crippen LogP contribution in [0.5, 0.6) is 0 Å². The number of hydrogen-bond donors (Lipinski definition) is 1. The third kappa shape index (κ3) is 3.44. The Kier molecular flexibility index (Phi) is 4.74. The lowest BCUT2D eigenvalue weighted by Crippen LogP contribution is -2.21. The Bertz CT molecular complexity index is 523. The molecule has 0 saturated carbocycles. The van der Waals surface area contributed by atoms with Gasteiger partial charge in [-0.2, -0.15) is 0 Å². The summed E-state index contributed by atoms with van der Waals surface area (Å²) in [6, 6.07) is 6.70. The average molecular weight is 279 g/mol. The van der Waals surface area contributed by atoms with Crippen LogP contribution in [0.25, 0.3) is 0 Å². The molecule has 1 heterocycles. The normalized spacial score (nSPS) is 10.5. The van der Waals surface area contributed by atoms with Gasteiger partial charge in [0.15, 0.2) is 5.13 Å². The minimum Gasteiger partial charge on any atom is -0.378 e. The van der Waals surface area contributed by atoms with Gasteiger partial charge in [-0.15, -0.1) is 11.3 Å². The van der Waals surface area contributed by atoms with Crippen LogP contribution < -0.4 is 10.2 Å². The predicted molar refractivity (Wildman–Crippen MR) is 79.4 cm³/mol. The lowest BCUT2D eigenvalue weighted by Gasteiger charge is -2.16. The van der Waals surface area contributed by atoms with Crippen LogP contribution >= 0.6 is 11.3 Å². The van der Waals surface area contributed by atoms with Crippen molar-refractivity contribution < 1.29 is 4.39 Å². The van der Waals surface area contributed by atoms with E-state index in [2.05, 4.69) is 29.0 Å². The first-order valence-electron chi connectivity index (χ1n) is 6.42. The molecule has 0 amide bonds. The van der Waals surface area contributed by atoms with Crippen LogP contribution in [-0.4, -0.2) is 18.1 Å². The summed E-state index contributed by atoms with van der Waals surface area (Å²) in [5, 5.41) is 4.12. The number of hydrogen-bond acceptors (Lipinski definition) is 4. The van der Waals surface area contributed by atoms with Gasteiger partial charge in [-0.3, -0.25) is 0 Å². The van der Waals surface area contributed by atoms with Crippen LogP contribution in [0.4, 0.5) is 15.2 Å². The molecule has 0 fully saturated rings. The molecule has 0 atom stereocenters. The van der Waals surface area contributed by atoms with Crippen molar-refractivity contribution in [2.45, 2.75) is 20.4 Å². The highest BCUT2D eigenvalue weighted by Crippen LogP contribution is 2.23. The van der Waals surface area contributed by atoms with E-state index in [1.807, 2.05) is 12.3 Å². The summed E-state index contributed by atoms with van der Waals surface area (Å²) in [6.07, 6.45) is 1.85. The number of nitrogens with zero attached hydrogens (tertiary/aromatic N) is 2. The zero-order valence-electron chi connectivity index (χ0n) is 11.2. The maximum Gasteiger partial charge on any atom is 0.185 e. The van der Waals surface area contributed by atoms with Crippen LogP contribution in [0, 0.1) is 5.82 Å². The van der Waals surface area contributed by atoms with E-state index < -0.39 is 0 Å². The SMILES string of the molecule is CCN(CC)c1ncc(CNc2ccccc2F)s1. The largest absolute Gasteiger partial charge is 0.378 e. The Morgan fingerprint density at radius 1 is 1.26 bits per heavy atom. The van der Waals surface area contributed by atoms with E-state index in [0.717, 1.165) is 23.1 Å². The Morgan fingerprint density at radius 2 is 2.00 bits per heavy atom.